The van der Waals surface area contributed by atoms with E-state index in [1.54, 1.807) is 4.90 Å². The third-order valence-corrected chi connectivity index (χ3v) is 3.71. The van der Waals surface area contributed by atoms with Crippen molar-refractivity contribution in [2.24, 2.45) is 0 Å². The van der Waals surface area contributed by atoms with Crippen LogP contribution in [-0.2, 0) is 11.3 Å². The van der Waals surface area contributed by atoms with Crippen LogP contribution in [0.25, 0.3) is 0 Å². The summed E-state index contributed by atoms with van der Waals surface area (Å²) in [6.07, 6.45) is 1.70. The van der Waals surface area contributed by atoms with E-state index in [4.69, 9.17) is 4.74 Å². The van der Waals surface area contributed by atoms with Crippen molar-refractivity contribution in [2.75, 3.05) is 11.5 Å². The first-order valence-electron chi connectivity index (χ1n) is 7.61. The van der Waals surface area contributed by atoms with Crippen molar-refractivity contribution in [3.63, 3.8) is 0 Å². The van der Waals surface area contributed by atoms with E-state index in [1.807, 2.05) is 60.7 Å². The molecule has 1 fully saturated rings. The van der Waals surface area contributed by atoms with Gasteiger partial charge >= 0.3 is 6.03 Å². The van der Waals surface area contributed by atoms with Crippen LogP contribution in [0.3, 0.4) is 0 Å². The minimum absolute atomic E-state index is 0.123. The number of amides is 2. The third kappa shape index (κ3) is 3.65. The maximum atomic E-state index is 12.6. The first-order chi connectivity index (χ1) is 10.8. The highest BCUT2D eigenvalue weighted by Crippen LogP contribution is 2.18. The summed E-state index contributed by atoms with van der Waals surface area (Å²) in [4.78, 5) is 14.4. The highest BCUT2D eigenvalue weighted by molar-refractivity contribution is 5.92. The second-order valence-corrected chi connectivity index (χ2v) is 5.36. The van der Waals surface area contributed by atoms with Crippen LogP contribution in [0.1, 0.15) is 18.4 Å². The van der Waals surface area contributed by atoms with E-state index in [0.717, 1.165) is 30.7 Å². The lowest BCUT2D eigenvalue weighted by Gasteiger charge is -2.25. The minimum Gasteiger partial charge on any atom is -0.358 e. The molecule has 1 aliphatic heterocycles. The number of hydrogen-bond donors (Lipinski definition) is 1. The average Bonchev–Trinajstić information content (AvgIpc) is 3.07. The van der Waals surface area contributed by atoms with Crippen molar-refractivity contribution in [1.82, 2.24) is 5.32 Å². The molecule has 0 aromatic heterocycles. The second kappa shape index (κ2) is 7.09. The molecule has 3 rings (SSSR count). The summed E-state index contributed by atoms with van der Waals surface area (Å²) in [7, 11) is 0. The van der Waals surface area contributed by atoms with E-state index < -0.39 is 0 Å². The van der Waals surface area contributed by atoms with Crippen LogP contribution < -0.4 is 10.2 Å². The normalized spacial score (nSPS) is 17.2. The van der Waals surface area contributed by atoms with E-state index in [-0.39, 0.29) is 12.3 Å². The van der Waals surface area contributed by atoms with Gasteiger partial charge in [0.1, 0.15) is 6.23 Å². The fourth-order valence-corrected chi connectivity index (χ4v) is 2.56. The number of benzene rings is 2. The van der Waals surface area contributed by atoms with Gasteiger partial charge < -0.3 is 10.1 Å². The lowest BCUT2D eigenvalue weighted by molar-refractivity contribution is 0.0917. The van der Waals surface area contributed by atoms with Gasteiger partial charge in [-0.2, -0.15) is 0 Å². The maximum absolute atomic E-state index is 12.6. The van der Waals surface area contributed by atoms with Gasteiger partial charge in [-0.1, -0.05) is 48.5 Å². The molecule has 1 N–H and O–H groups in total. The van der Waals surface area contributed by atoms with Crippen molar-refractivity contribution in [3.05, 3.63) is 66.2 Å². The Labute approximate surface area is 130 Å². The summed E-state index contributed by atoms with van der Waals surface area (Å²) in [5, 5.41) is 2.96. The largest absolute Gasteiger partial charge is 0.358 e. The van der Waals surface area contributed by atoms with Gasteiger partial charge in [-0.25, -0.2) is 4.79 Å². The van der Waals surface area contributed by atoms with Gasteiger partial charge in [0.2, 0.25) is 0 Å². The monoisotopic (exact) mass is 296 g/mol. The standard InChI is InChI=1S/C18H20N2O2/c21-18(19-17-12-7-13-22-17)20(16-10-5-2-6-11-16)14-15-8-3-1-4-9-15/h1-6,8-11,17H,7,12-14H2,(H,19,21). The van der Waals surface area contributed by atoms with Crippen molar-refractivity contribution in [2.45, 2.75) is 25.6 Å². The van der Waals surface area contributed by atoms with Crippen LogP contribution in [0.2, 0.25) is 0 Å². The van der Waals surface area contributed by atoms with Crippen LogP contribution in [0, 0.1) is 0 Å². The number of nitrogens with zero attached hydrogens (tertiary/aromatic N) is 1. The second-order valence-electron chi connectivity index (χ2n) is 5.36. The molecule has 2 aromatic carbocycles. The number of hydrogen-bond acceptors (Lipinski definition) is 2. The van der Waals surface area contributed by atoms with Crippen LogP contribution in [0.15, 0.2) is 60.7 Å². The average molecular weight is 296 g/mol. The Hall–Kier alpha value is -2.33. The molecule has 0 bridgehead atoms. The fraction of sp³-hybridized carbons (Fsp3) is 0.278. The predicted molar refractivity (Wildman–Crippen MR) is 86.6 cm³/mol. The maximum Gasteiger partial charge on any atom is 0.324 e. The zero-order chi connectivity index (χ0) is 15.2. The molecule has 1 aliphatic rings. The summed E-state index contributed by atoms with van der Waals surface area (Å²) in [5.74, 6) is 0. The van der Waals surface area contributed by atoms with Crippen molar-refractivity contribution in [3.8, 4) is 0 Å². The molecular weight excluding hydrogens is 276 g/mol. The Kier molecular flexibility index (Phi) is 4.71. The number of carbonyl (C=O) groups is 1. The SMILES string of the molecule is O=C(NC1CCCO1)N(Cc1ccccc1)c1ccccc1. The van der Waals surface area contributed by atoms with E-state index in [9.17, 15) is 4.79 Å². The number of ether oxygens (including phenoxy) is 1. The zero-order valence-corrected chi connectivity index (χ0v) is 12.4. The quantitative estimate of drug-likeness (QED) is 0.937. The van der Waals surface area contributed by atoms with Gasteiger partial charge in [-0.05, 0) is 30.5 Å². The lowest BCUT2D eigenvalue weighted by atomic mass is 10.2. The Morgan fingerprint density at radius 1 is 1.09 bits per heavy atom. The van der Waals surface area contributed by atoms with Gasteiger partial charge in [-0.3, -0.25) is 4.90 Å². The van der Waals surface area contributed by atoms with E-state index >= 15 is 0 Å². The molecule has 1 unspecified atom stereocenters. The summed E-state index contributed by atoms with van der Waals surface area (Å²) >= 11 is 0. The van der Waals surface area contributed by atoms with Crippen LogP contribution in [0.5, 0.6) is 0 Å². The molecule has 0 radical (unpaired) electrons. The smallest absolute Gasteiger partial charge is 0.324 e. The van der Waals surface area contributed by atoms with E-state index in [1.165, 1.54) is 0 Å². The van der Waals surface area contributed by atoms with Crippen molar-refractivity contribution < 1.29 is 9.53 Å². The Morgan fingerprint density at radius 2 is 1.77 bits per heavy atom. The highest BCUT2D eigenvalue weighted by atomic mass is 16.5. The first kappa shape index (κ1) is 14.6. The first-order valence-corrected chi connectivity index (χ1v) is 7.61. The molecule has 4 heteroatoms. The fourth-order valence-electron chi connectivity index (χ4n) is 2.56. The van der Waals surface area contributed by atoms with Crippen molar-refractivity contribution in [1.29, 1.82) is 0 Å². The summed E-state index contributed by atoms with van der Waals surface area (Å²) in [5.41, 5.74) is 1.97. The number of rotatable bonds is 4. The van der Waals surface area contributed by atoms with Crippen molar-refractivity contribution >= 4 is 11.7 Å². The van der Waals surface area contributed by atoms with Gasteiger partial charge in [-0.15, -0.1) is 0 Å². The van der Waals surface area contributed by atoms with Crippen LogP contribution >= 0.6 is 0 Å². The number of para-hydroxylation sites is 1. The highest BCUT2D eigenvalue weighted by Gasteiger charge is 2.22. The molecular formula is C18H20N2O2. The summed E-state index contributed by atoms with van der Waals surface area (Å²) in [6, 6.07) is 19.6. The molecule has 22 heavy (non-hydrogen) atoms. The van der Waals surface area contributed by atoms with Crippen LogP contribution in [-0.4, -0.2) is 18.9 Å². The summed E-state index contributed by atoms with van der Waals surface area (Å²) < 4.78 is 5.50. The molecule has 2 amide bonds. The summed E-state index contributed by atoms with van der Waals surface area (Å²) in [6.45, 7) is 1.25. The molecule has 1 heterocycles. The number of nitrogens with one attached hydrogen (secondary N) is 1. The van der Waals surface area contributed by atoms with Gasteiger partial charge in [0.05, 0.1) is 6.54 Å². The lowest BCUT2D eigenvalue weighted by Crippen LogP contribution is -2.44. The number of carbonyl (C=O) groups excluding carboxylic acids is 1. The Bertz CT molecular complexity index is 595. The van der Waals surface area contributed by atoms with Gasteiger partial charge in [0.25, 0.3) is 0 Å². The zero-order valence-electron chi connectivity index (χ0n) is 12.4. The molecule has 1 atom stereocenters. The molecule has 2 aromatic rings. The van der Waals surface area contributed by atoms with E-state index in [2.05, 4.69) is 5.32 Å². The topological polar surface area (TPSA) is 41.6 Å². The number of urea groups is 1. The molecule has 0 spiro atoms. The minimum atomic E-state index is -0.172. The molecule has 0 aliphatic carbocycles. The molecule has 1 saturated heterocycles. The Balaban J connectivity index is 1.77. The third-order valence-electron chi connectivity index (χ3n) is 3.71. The predicted octanol–water partition coefficient (Wildman–Crippen LogP) is 3.54. The molecule has 0 saturated carbocycles. The number of anilines is 1. The van der Waals surface area contributed by atoms with Gasteiger partial charge in [0.15, 0.2) is 0 Å². The molecule has 114 valence electrons. The molecule has 4 nitrogen and oxygen atoms in total. The van der Waals surface area contributed by atoms with Gasteiger partial charge in [0, 0.05) is 12.3 Å². The van der Waals surface area contributed by atoms with Crippen LogP contribution in [0.4, 0.5) is 10.5 Å². The van der Waals surface area contributed by atoms with E-state index in [0.29, 0.717) is 6.54 Å². The Morgan fingerprint density at radius 3 is 2.41 bits per heavy atom.